The molecule has 6 nitrogen and oxygen atoms in total. The van der Waals surface area contributed by atoms with E-state index in [2.05, 4.69) is 0 Å². The van der Waals surface area contributed by atoms with Crippen molar-refractivity contribution in [3.63, 3.8) is 0 Å². The zero-order chi connectivity index (χ0) is 14.0. The molecule has 2 rings (SSSR count). The van der Waals surface area contributed by atoms with Crippen LogP contribution in [0.15, 0.2) is 29.2 Å². The lowest BCUT2D eigenvalue weighted by molar-refractivity contribution is -0.132. The maximum absolute atomic E-state index is 12.5. The highest BCUT2D eigenvalue weighted by molar-refractivity contribution is 7.89. The second-order valence-corrected chi connectivity index (χ2v) is 6.37. The highest BCUT2D eigenvalue weighted by atomic mass is 32.2. The van der Waals surface area contributed by atoms with Crippen molar-refractivity contribution in [2.45, 2.75) is 11.4 Å². The molecule has 0 bridgehead atoms. The predicted octanol–water partition coefficient (Wildman–Crippen LogP) is -0.392. The standard InChI is InChI=1S/C12H17N3O3S/c1-14-6-7-15(9-12(14)16)19(17,18)11-5-3-2-4-10(11)8-13/h2-5H,6-9,13H2,1H3. The number of hydrogen-bond donors (Lipinski definition) is 1. The molecule has 0 saturated carbocycles. The average Bonchev–Trinajstić information content (AvgIpc) is 2.41. The van der Waals surface area contributed by atoms with Gasteiger partial charge in [0.05, 0.1) is 11.4 Å². The van der Waals surface area contributed by atoms with Crippen LogP contribution in [0.25, 0.3) is 0 Å². The quantitative estimate of drug-likeness (QED) is 0.818. The number of nitrogens with two attached hydrogens (primary N) is 1. The summed E-state index contributed by atoms with van der Waals surface area (Å²) in [4.78, 5) is 13.4. The van der Waals surface area contributed by atoms with Crippen LogP contribution in [0.1, 0.15) is 5.56 Å². The number of piperazine rings is 1. The van der Waals surface area contributed by atoms with E-state index in [1.807, 2.05) is 0 Å². The van der Waals surface area contributed by atoms with Crippen molar-refractivity contribution in [2.75, 3.05) is 26.7 Å². The Morgan fingerprint density at radius 3 is 2.58 bits per heavy atom. The number of benzene rings is 1. The topological polar surface area (TPSA) is 83.7 Å². The van der Waals surface area contributed by atoms with Crippen LogP contribution in [0.3, 0.4) is 0 Å². The molecule has 0 atom stereocenters. The molecule has 19 heavy (non-hydrogen) atoms. The maximum Gasteiger partial charge on any atom is 0.243 e. The van der Waals surface area contributed by atoms with E-state index in [9.17, 15) is 13.2 Å². The third kappa shape index (κ3) is 2.63. The molecule has 1 aromatic carbocycles. The van der Waals surface area contributed by atoms with Crippen molar-refractivity contribution < 1.29 is 13.2 Å². The van der Waals surface area contributed by atoms with E-state index in [-0.39, 0.29) is 23.9 Å². The number of rotatable bonds is 3. The van der Waals surface area contributed by atoms with Gasteiger partial charge in [-0.25, -0.2) is 8.42 Å². The van der Waals surface area contributed by atoms with E-state index < -0.39 is 10.0 Å². The fourth-order valence-corrected chi connectivity index (χ4v) is 3.62. The van der Waals surface area contributed by atoms with Crippen LogP contribution in [-0.4, -0.2) is 50.2 Å². The Morgan fingerprint density at radius 1 is 1.26 bits per heavy atom. The minimum Gasteiger partial charge on any atom is -0.343 e. The van der Waals surface area contributed by atoms with Gasteiger partial charge in [0, 0.05) is 26.7 Å². The fourth-order valence-electron chi connectivity index (χ4n) is 2.01. The zero-order valence-corrected chi connectivity index (χ0v) is 11.6. The first-order valence-corrected chi connectivity index (χ1v) is 7.43. The van der Waals surface area contributed by atoms with Crippen molar-refractivity contribution in [2.24, 2.45) is 5.73 Å². The molecule has 0 radical (unpaired) electrons. The van der Waals surface area contributed by atoms with E-state index in [4.69, 9.17) is 5.73 Å². The van der Waals surface area contributed by atoms with E-state index in [1.54, 1.807) is 25.2 Å². The number of sulfonamides is 1. The van der Waals surface area contributed by atoms with Crippen LogP contribution in [0, 0.1) is 0 Å². The van der Waals surface area contributed by atoms with E-state index in [0.717, 1.165) is 0 Å². The van der Waals surface area contributed by atoms with Crippen LogP contribution < -0.4 is 5.73 Å². The summed E-state index contributed by atoms with van der Waals surface area (Å²) >= 11 is 0. The average molecular weight is 283 g/mol. The minimum absolute atomic E-state index is 0.113. The van der Waals surface area contributed by atoms with Crippen molar-refractivity contribution in [1.82, 2.24) is 9.21 Å². The van der Waals surface area contributed by atoms with Gasteiger partial charge in [0.1, 0.15) is 0 Å². The number of likely N-dealkylation sites (N-methyl/N-ethyl adjacent to an activating group) is 1. The predicted molar refractivity (Wildman–Crippen MR) is 70.7 cm³/mol. The summed E-state index contributed by atoms with van der Waals surface area (Å²) in [7, 11) is -1.99. The molecule has 1 saturated heterocycles. The van der Waals surface area contributed by atoms with Gasteiger partial charge in [0.15, 0.2) is 0 Å². The van der Waals surface area contributed by atoms with Gasteiger partial charge < -0.3 is 10.6 Å². The van der Waals surface area contributed by atoms with Crippen LogP contribution in [0.4, 0.5) is 0 Å². The molecule has 0 spiro atoms. The number of hydrogen-bond acceptors (Lipinski definition) is 4. The van der Waals surface area contributed by atoms with Gasteiger partial charge in [0.25, 0.3) is 0 Å². The summed E-state index contributed by atoms with van der Waals surface area (Å²) < 4.78 is 26.2. The molecule has 1 aromatic rings. The summed E-state index contributed by atoms with van der Waals surface area (Å²) in [5.74, 6) is -0.194. The van der Waals surface area contributed by atoms with Gasteiger partial charge in [-0.15, -0.1) is 0 Å². The summed E-state index contributed by atoms with van der Waals surface area (Å²) in [6.45, 7) is 0.751. The minimum atomic E-state index is -3.66. The lowest BCUT2D eigenvalue weighted by atomic mass is 10.2. The van der Waals surface area contributed by atoms with E-state index in [0.29, 0.717) is 18.7 Å². The van der Waals surface area contributed by atoms with Crippen LogP contribution >= 0.6 is 0 Å². The second kappa shape index (κ2) is 5.28. The Balaban J connectivity index is 2.35. The lowest BCUT2D eigenvalue weighted by Gasteiger charge is -2.31. The second-order valence-electron chi connectivity index (χ2n) is 4.47. The summed E-state index contributed by atoms with van der Waals surface area (Å²) in [6, 6.07) is 6.62. The van der Waals surface area contributed by atoms with Crippen molar-refractivity contribution >= 4 is 15.9 Å². The van der Waals surface area contributed by atoms with E-state index >= 15 is 0 Å². The van der Waals surface area contributed by atoms with Crippen molar-refractivity contribution in [3.8, 4) is 0 Å². The lowest BCUT2D eigenvalue weighted by Crippen LogP contribution is -2.50. The fraction of sp³-hybridized carbons (Fsp3) is 0.417. The Hall–Kier alpha value is -1.44. The smallest absolute Gasteiger partial charge is 0.243 e. The molecule has 0 unspecified atom stereocenters. The summed E-state index contributed by atoms with van der Waals surface area (Å²) in [6.07, 6.45) is 0. The highest BCUT2D eigenvalue weighted by Crippen LogP contribution is 2.21. The SMILES string of the molecule is CN1CCN(S(=O)(=O)c2ccccc2CN)CC1=O. The first-order valence-electron chi connectivity index (χ1n) is 5.99. The number of amides is 1. The molecular formula is C12H17N3O3S. The zero-order valence-electron chi connectivity index (χ0n) is 10.7. The molecule has 1 fully saturated rings. The van der Waals surface area contributed by atoms with Crippen LogP contribution in [0.2, 0.25) is 0 Å². The monoisotopic (exact) mass is 283 g/mol. The third-order valence-corrected chi connectivity index (χ3v) is 5.18. The molecule has 1 aliphatic rings. The molecule has 1 amide bonds. The molecule has 0 aromatic heterocycles. The van der Waals surface area contributed by atoms with Gasteiger partial charge >= 0.3 is 0 Å². The van der Waals surface area contributed by atoms with Crippen molar-refractivity contribution in [1.29, 1.82) is 0 Å². The molecule has 0 aliphatic carbocycles. The molecular weight excluding hydrogens is 266 g/mol. The maximum atomic E-state index is 12.5. The van der Waals surface area contributed by atoms with Gasteiger partial charge in [-0.1, -0.05) is 18.2 Å². The Morgan fingerprint density at radius 2 is 1.95 bits per heavy atom. The molecule has 1 heterocycles. The number of carbonyl (C=O) groups excluding carboxylic acids is 1. The Labute approximate surface area is 112 Å². The Kier molecular flexibility index (Phi) is 3.88. The Bertz CT molecular complexity index is 586. The third-order valence-electron chi connectivity index (χ3n) is 3.23. The normalized spacial score (nSPS) is 17.8. The summed E-state index contributed by atoms with van der Waals surface area (Å²) in [5.41, 5.74) is 6.13. The first kappa shape index (κ1) is 14.0. The van der Waals surface area contributed by atoms with Gasteiger partial charge in [-0.2, -0.15) is 4.31 Å². The van der Waals surface area contributed by atoms with E-state index in [1.165, 1.54) is 15.3 Å². The molecule has 1 aliphatic heterocycles. The molecule has 2 N–H and O–H groups in total. The molecule has 7 heteroatoms. The largest absolute Gasteiger partial charge is 0.343 e. The van der Waals surface area contributed by atoms with Gasteiger partial charge in [0.2, 0.25) is 15.9 Å². The van der Waals surface area contributed by atoms with Gasteiger partial charge in [-0.3, -0.25) is 4.79 Å². The van der Waals surface area contributed by atoms with Crippen molar-refractivity contribution in [3.05, 3.63) is 29.8 Å². The van der Waals surface area contributed by atoms with Gasteiger partial charge in [-0.05, 0) is 11.6 Å². The summed E-state index contributed by atoms with van der Waals surface area (Å²) in [5, 5.41) is 0. The number of carbonyl (C=O) groups is 1. The molecule has 104 valence electrons. The number of nitrogens with zero attached hydrogens (tertiary/aromatic N) is 2. The first-order chi connectivity index (χ1) is 8.96. The van der Waals surface area contributed by atoms with Crippen LogP contribution in [0.5, 0.6) is 0 Å². The van der Waals surface area contributed by atoms with Crippen LogP contribution in [-0.2, 0) is 21.4 Å². The highest BCUT2D eigenvalue weighted by Gasteiger charge is 2.32.